The number of carbonyl (C=O) groups is 1. The number of hydrogen-bond donors (Lipinski definition) is 1. The fraction of sp³-hybridized carbons (Fsp3) is 0.421. The molecule has 24 heavy (non-hydrogen) atoms. The maximum absolute atomic E-state index is 12.5. The van der Waals surface area contributed by atoms with Crippen molar-refractivity contribution in [2.45, 2.75) is 44.2 Å². The summed E-state index contributed by atoms with van der Waals surface area (Å²) >= 11 is 0. The lowest BCUT2D eigenvalue weighted by atomic mass is 10.1. The Balaban J connectivity index is 1.50. The third kappa shape index (κ3) is 3.40. The number of aromatic nitrogens is 2. The number of hydrogen-bond acceptors (Lipinski definition) is 4. The molecule has 1 atom stereocenters. The first-order chi connectivity index (χ1) is 11.8. The predicted molar refractivity (Wildman–Crippen MR) is 92.8 cm³/mol. The van der Waals surface area contributed by atoms with Crippen molar-refractivity contribution in [3.05, 3.63) is 54.0 Å². The quantitative estimate of drug-likeness (QED) is 0.918. The first kappa shape index (κ1) is 15.1. The summed E-state index contributed by atoms with van der Waals surface area (Å²) in [7, 11) is 0. The monoisotopic (exact) mass is 322 g/mol. The Hall–Kier alpha value is -2.43. The normalized spacial score (nSPS) is 20.2. The van der Waals surface area contributed by atoms with Crippen LogP contribution in [0.3, 0.4) is 0 Å². The molecule has 0 spiro atoms. The van der Waals surface area contributed by atoms with Gasteiger partial charge in [0, 0.05) is 25.2 Å². The number of benzene rings is 1. The average Bonchev–Trinajstić information content (AvgIpc) is 3.27. The van der Waals surface area contributed by atoms with Crippen LogP contribution in [0.4, 0.5) is 5.82 Å². The molecule has 2 aromatic rings. The molecule has 2 aliphatic rings. The van der Waals surface area contributed by atoms with Gasteiger partial charge in [-0.2, -0.15) is 0 Å². The molecule has 1 aromatic heterocycles. The molecule has 0 bridgehead atoms. The highest BCUT2D eigenvalue weighted by Gasteiger charge is 2.34. The molecular weight excluding hydrogens is 300 g/mol. The van der Waals surface area contributed by atoms with Crippen molar-refractivity contribution in [2.75, 3.05) is 11.4 Å². The van der Waals surface area contributed by atoms with E-state index in [4.69, 9.17) is 4.98 Å². The van der Waals surface area contributed by atoms with Crippen molar-refractivity contribution in [1.29, 1.82) is 0 Å². The van der Waals surface area contributed by atoms with E-state index in [2.05, 4.69) is 27.3 Å². The Morgan fingerprint density at radius 1 is 1.17 bits per heavy atom. The molecule has 2 heterocycles. The van der Waals surface area contributed by atoms with Crippen molar-refractivity contribution in [3.8, 4) is 0 Å². The van der Waals surface area contributed by atoms with Gasteiger partial charge in [0.1, 0.15) is 17.7 Å². The lowest BCUT2D eigenvalue weighted by Gasteiger charge is -2.25. The fourth-order valence-corrected chi connectivity index (χ4v) is 3.25. The number of carbonyl (C=O) groups excluding carboxylic acids is 1. The zero-order valence-electron chi connectivity index (χ0n) is 13.7. The van der Waals surface area contributed by atoms with Crippen LogP contribution in [0.2, 0.25) is 0 Å². The molecule has 1 aromatic carbocycles. The summed E-state index contributed by atoms with van der Waals surface area (Å²) in [6, 6.07) is 12.4. The molecule has 1 aliphatic carbocycles. The first-order valence-electron chi connectivity index (χ1n) is 8.72. The Morgan fingerprint density at radius 2 is 2.00 bits per heavy atom. The number of rotatable bonds is 5. The van der Waals surface area contributed by atoms with E-state index in [1.165, 1.54) is 5.56 Å². The Kier molecular flexibility index (Phi) is 4.15. The molecule has 124 valence electrons. The first-order valence-corrected chi connectivity index (χ1v) is 8.72. The fourth-order valence-electron chi connectivity index (χ4n) is 3.25. The molecule has 1 amide bonds. The highest BCUT2D eigenvalue weighted by atomic mass is 16.2. The standard InChI is InChI=1S/C19H22N4O/c24-19(21-15-8-9-15)16-7-4-12-23(16)18-10-11-20-17(22-18)13-14-5-2-1-3-6-14/h1-3,5-6,10-11,15-16H,4,7-9,12-13H2,(H,21,24)/t16-/m0/s1. The van der Waals surface area contributed by atoms with Gasteiger partial charge in [-0.3, -0.25) is 4.79 Å². The molecule has 0 radical (unpaired) electrons. The van der Waals surface area contributed by atoms with Crippen LogP contribution in [-0.4, -0.2) is 34.5 Å². The zero-order valence-corrected chi connectivity index (χ0v) is 13.7. The smallest absolute Gasteiger partial charge is 0.242 e. The third-order valence-electron chi connectivity index (χ3n) is 4.67. The van der Waals surface area contributed by atoms with Gasteiger partial charge in [-0.1, -0.05) is 30.3 Å². The van der Waals surface area contributed by atoms with Crippen molar-refractivity contribution in [3.63, 3.8) is 0 Å². The summed E-state index contributed by atoms with van der Waals surface area (Å²) in [4.78, 5) is 23.7. The summed E-state index contributed by atoms with van der Waals surface area (Å²) in [6.45, 7) is 0.880. The van der Waals surface area contributed by atoms with Crippen molar-refractivity contribution < 1.29 is 4.79 Å². The van der Waals surface area contributed by atoms with E-state index >= 15 is 0 Å². The van der Waals surface area contributed by atoms with E-state index < -0.39 is 0 Å². The van der Waals surface area contributed by atoms with Gasteiger partial charge < -0.3 is 10.2 Å². The molecule has 1 N–H and O–H groups in total. The average molecular weight is 322 g/mol. The van der Waals surface area contributed by atoms with Crippen LogP contribution in [0.5, 0.6) is 0 Å². The van der Waals surface area contributed by atoms with Crippen LogP contribution in [0, 0.1) is 0 Å². The number of nitrogens with one attached hydrogen (secondary N) is 1. The summed E-state index contributed by atoms with van der Waals surface area (Å²) in [6.07, 6.45) is 6.67. The summed E-state index contributed by atoms with van der Waals surface area (Å²) < 4.78 is 0. The van der Waals surface area contributed by atoms with Gasteiger partial charge in [-0.25, -0.2) is 9.97 Å². The van der Waals surface area contributed by atoms with Gasteiger partial charge in [0.25, 0.3) is 0 Å². The van der Waals surface area contributed by atoms with Gasteiger partial charge in [0.15, 0.2) is 0 Å². The third-order valence-corrected chi connectivity index (χ3v) is 4.67. The molecule has 1 saturated heterocycles. The number of nitrogens with zero attached hydrogens (tertiary/aromatic N) is 3. The Labute approximate surface area is 142 Å². The molecule has 5 nitrogen and oxygen atoms in total. The maximum atomic E-state index is 12.5. The zero-order chi connectivity index (χ0) is 16.4. The van der Waals surface area contributed by atoms with Crippen molar-refractivity contribution in [2.24, 2.45) is 0 Å². The SMILES string of the molecule is O=C(NC1CC1)[C@@H]1CCCN1c1ccnc(Cc2ccccc2)n1. The lowest BCUT2D eigenvalue weighted by molar-refractivity contribution is -0.122. The molecule has 5 heteroatoms. The molecule has 1 saturated carbocycles. The summed E-state index contributed by atoms with van der Waals surface area (Å²) in [5.41, 5.74) is 1.19. The van der Waals surface area contributed by atoms with E-state index in [0.717, 1.165) is 43.9 Å². The van der Waals surface area contributed by atoms with Crippen molar-refractivity contribution >= 4 is 11.7 Å². The number of anilines is 1. The molecule has 4 rings (SSSR count). The second-order valence-electron chi connectivity index (χ2n) is 6.63. The van der Waals surface area contributed by atoms with Gasteiger partial charge in [0.2, 0.25) is 5.91 Å². The number of amides is 1. The maximum Gasteiger partial charge on any atom is 0.242 e. The molecule has 1 aliphatic heterocycles. The van der Waals surface area contributed by atoms with Crippen molar-refractivity contribution in [1.82, 2.24) is 15.3 Å². The lowest BCUT2D eigenvalue weighted by Crippen LogP contribution is -2.44. The van der Waals surface area contributed by atoms with Gasteiger partial charge in [0.05, 0.1) is 0 Å². The van der Waals surface area contributed by atoms with Crippen LogP contribution in [-0.2, 0) is 11.2 Å². The largest absolute Gasteiger partial charge is 0.352 e. The van der Waals surface area contributed by atoms with Crippen LogP contribution in [0.1, 0.15) is 37.1 Å². The molecular formula is C19H22N4O. The summed E-state index contributed by atoms with van der Waals surface area (Å²) in [5, 5.41) is 3.13. The van der Waals surface area contributed by atoms with E-state index in [1.807, 2.05) is 24.3 Å². The highest BCUT2D eigenvalue weighted by molar-refractivity contribution is 5.86. The van der Waals surface area contributed by atoms with E-state index in [-0.39, 0.29) is 11.9 Å². The molecule has 2 fully saturated rings. The Bertz CT molecular complexity index is 714. The highest BCUT2D eigenvalue weighted by Crippen LogP contribution is 2.26. The molecule has 0 unspecified atom stereocenters. The van der Waals surface area contributed by atoms with Gasteiger partial charge in [-0.15, -0.1) is 0 Å². The van der Waals surface area contributed by atoms with E-state index in [9.17, 15) is 4.79 Å². The van der Waals surface area contributed by atoms with Crippen LogP contribution in [0.25, 0.3) is 0 Å². The topological polar surface area (TPSA) is 58.1 Å². The van der Waals surface area contributed by atoms with Crippen LogP contribution < -0.4 is 10.2 Å². The second-order valence-corrected chi connectivity index (χ2v) is 6.63. The minimum atomic E-state index is -0.0925. The predicted octanol–water partition coefficient (Wildman–Crippen LogP) is 2.31. The van der Waals surface area contributed by atoms with Crippen LogP contribution in [0.15, 0.2) is 42.6 Å². The van der Waals surface area contributed by atoms with Gasteiger partial charge in [-0.05, 0) is 37.3 Å². The Morgan fingerprint density at radius 3 is 2.79 bits per heavy atom. The minimum absolute atomic E-state index is 0.0925. The van der Waals surface area contributed by atoms with Crippen LogP contribution >= 0.6 is 0 Å². The van der Waals surface area contributed by atoms with E-state index in [0.29, 0.717) is 12.5 Å². The second kappa shape index (κ2) is 6.59. The van der Waals surface area contributed by atoms with E-state index in [1.54, 1.807) is 6.20 Å². The minimum Gasteiger partial charge on any atom is -0.352 e. The van der Waals surface area contributed by atoms with Gasteiger partial charge >= 0.3 is 0 Å². The summed E-state index contributed by atoms with van der Waals surface area (Å²) in [5.74, 6) is 1.81.